The largest absolute Gasteiger partial charge is 0.493 e. The van der Waals surface area contributed by atoms with Crippen molar-refractivity contribution in [3.8, 4) is 23.0 Å². The number of allylic oxidation sites excluding steroid dienone is 1. The van der Waals surface area contributed by atoms with Crippen LogP contribution in [0.5, 0.6) is 23.0 Å². The highest BCUT2D eigenvalue weighted by atomic mass is 33.1. The van der Waals surface area contributed by atoms with Crippen LogP contribution in [-0.2, 0) is 18.0 Å². The predicted octanol–water partition coefficient (Wildman–Crippen LogP) is 8.71. The zero-order chi connectivity index (χ0) is 40.9. The van der Waals surface area contributed by atoms with E-state index in [4.69, 9.17) is 18.9 Å². The van der Waals surface area contributed by atoms with Gasteiger partial charge >= 0.3 is 0 Å². The zero-order valence-electron chi connectivity index (χ0n) is 33.0. The number of rotatable bonds is 16. The lowest BCUT2D eigenvalue weighted by Gasteiger charge is -2.22. The lowest BCUT2D eigenvalue weighted by molar-refractivity contribution is -0.116. The van der Waals surface area contributed by atoms with Crippen molar-refractivity contribution in [2.45, 2.75) is 57.5 Å². The van der Waals surface area contributed by atoms with Crippen LogP contribution >= 0.6 is 21.6 Å². The molecule has 14 heteroatoms. The molecule has 3 aliphatic rings. The fourth-order valence-corrected chi connectivity index (χ4v) is 9.01. The zero-order valence-corrected chi connectivity index (χ0v) is 34.6. The second-order valence-electron chi connectivity index (χ2n) is 14.6. The molecule has 3 aliphatic heterocycles. The molecule has 57 heavy (non-hydrogen) atoms. The van der Waals surface area contributed by atoms with Crippen LogP contribution in [0.3, 0.4) is 0 Å². The van der Waals surface area contributed by atoms with Gasteiger partial charge in [-0.3, -0.25) is 24.3 Å². The lowest BCUT2D eigenvalue weighted by atomic mass is 10.1. The summed E-state index contributed by atoms with van der Waals surface area (Å²) < 4.78 is 23.9. The molecule has 298 valence electrons. The first-order chi connectivity index (χ1) is 27.3. The summed E-state index contributed by atoms with van der Waals surface area (Å²) in [7, 11) is 6.44. The first-order valence-electron chi connectivity index (χ1n) is 18.4. The van der Waals surface area contributed by atoms with Gasteiger partial charge in [0.15, 0.2) is 23.0 Å². The third kappa shape index (κ3) is 9.76. The molecule has 0 aromatic heterocycles. The van der Waals surface area contributed by atoms with E-state index in [1.165, 1.54) is 14.2 Å². The fourth-order valence-electron chi connectivity index (χ4n) is 6.77. The first-order valence-corrected chi connectivity index (χ1v) is 20.9. The molecule has 3 aromatic rings. The molecule has 0 spiro atoms. The normalized spacial score (nSPS) is 14.8. The summed E-state index contributed by atoms with van der Waals surface area (Å²) in [4.78, 5) is 52.1. The standard InChI is InChI=1S/C43H47N5O7S2/c1-26-10-12-47(22-26)41(50)32-17-36(52-6)38(19-34(32)44-5)54-24-28-14-29(16-30(15-28)46-40(49)9-11-43(3,4)57-56-8)25-55-39-20-35-33(18-37(39)53-7)42(51)48-23-27(2)13-31(48)21-45-35/h14-20H,1-2,5,9-13,22-25H2,3-4,6-8H3,(H,46,49). The Morgan fingerprint density at radius 1 is 0.947 bits per heavy atom. The monoisotopic (exact) mass is 809 g/mol. The van der Waals surface area contributed by atoms with E-state index in [1.807, 2.05) is 24.5 Å². The quantitative estimate of drug-likeness (QED) is 0.0858. The summed E-state index contributed by atoms with van der Waals surface area (Å²) in [5.74, 6) is 4.00. The molecule has 3 amide bonds. The van der Waals surface area contributed by atoms with E-state index < -0.39 is 0 Å². The SMILES string of the molecule is C=Nc1cc(OCc2cc(COc3cc4c(cc3OC)C(=O)N3CC(=C)CC3=C=N4)cc(NC(=O)CCC(C)(C)SSC)c2)c(OC)cc1C(=O)N1CCC(=C)C1. The van der Waals surface area contributed by atoms with Gasteiger partial charge in [0.05, 0.1) is 42.4 Å². The van der Waals surface area contributed by atoms with Gasteiger partial charge in [-0.25, -0.2) is 4.99 Å². The minimum Gasteiger partial charge on any atom is -0.493 e. The molecular weight excluding hydrogens is 763 g/mol. The van der Waals surface area contributed by atoms with Crippen LogP contribution in [0.25, 0.3) is 0 Å². The molecule has 6 rings (SSSR count). The van der Waals surface area contributed by atoms with Gasteiger partial charge in [0.2, 0.25) is 5.91 Å². The molecule has 0 radical (unpaired) electrons. The summed E-state index contributed by atoms with van der Waals surface area (Å²) in [5, 5.41) is 3.06. The van der Waals surface area contributed by atoms with Crippen LogP contribution in [0.15, 0.2) is 82.5 Å². The number of fused-ring (bicyclic) bond motifs is 2. The Morgan fingerprint density at radius 3 is 2.26 bits per heavy atom. The number of nitrogens with one attached hydrogen (secondary N) is 1. The smallest absolute Gasteiger partial charge is 0.261 e. The molecule has 0 unspecified atom stereocenters. The van der Waals surface area contributed by atoms with Crippen molar-refractivity contribution >= 4 is 69.0 Å². The third-order valence-corrected chi connectivity index (χ3v) is 12.4. The van der Waals surface area contributed by atoms with Gasteiger partial charge in [-0.2, -0.15) is 0 Å². The van der Waals surface area contributed by atoms with Crippen molar-refractivity contribution in [3.05, 3.63) is 94.7 Å². The van der Waals surface area contributed by atoms with Gasteiger partial charge in [-0.05, 0) is 81.1 Å². The van der Waals surface area contributed by atoms with Crippen LogP contribution in [0, 0.1) is 0 Å². The number of methoxy groups -OCH3 is 2. The van der Waals surface area contributed by atoms with Gasteiger partial charge in [-0.1, -0.05) is 45.9 Å². The number of anilines is 1. The molecule has 1 N–H and O–H groups in total. The predicted molar refractivity (Wildman–Crippen MR) is 228 cm³/mol. The van der Waals surface area contributed by atoms with Gasteiger partial charge in [-0.15, -0.1) is 0 Å². The minimum absolute atomic E-state index is 0.0737. The van der Waals surface area contributed by atoms with Crippen molar-refractivity contribution in [1.29, 1.82) is 0 Å². The number of ether oxygens (including phenoxy) is 4. The number of benzene rings is 3. The maximum Gasteiger partial charge on any atom is 0.261 e. The Labute approximate surface area is 341 Å². The molecule has 0 atom stereocenters. The molecule has 0 aliphatic carbocycles. The van der Waals surface area contributed by atoms with Crippen molar-refractivity contribution < 1.29 is 33.3 Å². The Morgan fingerprint density at radius 2 is 1.63 bits per heavy atom. The van der Waals surface area contributed by atoms with E-state index in [2.05, 4.69) is 54.9 Å². The number of amides is 3. The van der Waals surface area contributed by atoms with Gasteiger partial charge in [0.25, 0.3) is 11.8 Å². The summed E-state index contributed by atoms with van der Waals surface area (Å²) in [6.07, 6.45) is 4.36. The second-order valence-corrected chi connectivity index (χ2v) is 17.7. The second kappa shape index (κ2) is 17.8. The number of aliphatic imine (C=N–C) groups is 2. The van der Waals surface area contributed by atoms with Crippen molar-refractivity contribution in [2.75, 3.05) is 45.4 Å². The van der Waals surface area contributed by atoms with E-state index in [-0.39, 0.29) is 35.7 Å². The molecule has 3 aromatic carbocycles. The Hall–Kier alpha value is -5.43. The highest BCUT2D eigenvalue weighted by Gasteiger charge is 2.31. The average Bonchev–Trinajstić information content (AvgIpc) is 3.78. The van der Waals surface area contributed by atoms with Crippen molar-refractivity contribution in [2.24, 2.45) is 9.98 Å². The number of carbonyl (C=O) groups excluding carboxylic acids is 3. The number of hydrogen-bond donors (Lipinski definition) is 1. The Balaban J connectivity index is 1.26. The van der Waals surface area contributed by atoms with Crippen LogP contribution < -0.4 is 24.3 Å². The van der Waals surface area contributed by atoms with Gasteiger partial charge < -0.3 is 29.2 Å². The van der Waals surface area contributed by atoms with Gasteiger partial charge in [0, 0.05) is 60.9 Å². The van der Waals surface area contributed by atoms with Crippen molar-refractivity contribution in [3.63, 3.8) is 0 Å². The van der Waals surface area contributed by atoms with E-state index in [0.717, 1.165) is 28.7 Å². The number of carbonyl (C=O) groups is 3. The first kappa shape index (κ1) is 41.2. The highest BCUT2D eigenvalue weighted by molar-refractivity contribution is 8.76. The summed E-state index contributed by atoms with van der Waals surface area (Å²) in [5.41, 5.74) is 6.16. The Bertz CT molecular complexity index is 2210. The molecule has 12 nitrogen and oxygen atoms in total. The molecule has 0 saturated carbocycles. The number of hydrogen-bond acceptors (Lipinski definition) is 11. The van der Waals surface area contributed by atoms with E-state index in [1.54, 1.807) is 55.7 Å². The Kier molecular flexibility index (Phi) is 12.9. The van der Waals surface area contributed by atoms with Crippen LogP contribution in [0.1, 0.15) is 71.4 Å². The summed E-state index contributed by atoms with van der Waals surface area (Å²) in [6, 6.07) is 12.2. The van der Waals surface area contributed by atoms with E-state index in [0.29, 0.717) is 95.8 Å². The summed E-state index contributed by atoms with van der Waals surface area (Å²) >= 11 is 0. The summed E-state index contributed by atoms with van der Waals surface area (Å²) in [6.45, 7) is 17.6. The van der Waals surface area contributed by atoms with E-state index >= 15 is 0 Å². The fraction of sp³-hybridized carbons (Fsp3) is 0.349. The molecule has 2 fully saturated rings. The van der Waals surface area contributed by atoms with Crippen LogP contribution in [0.4, 0.5) is 17.1 Å². The molecule has 2 saturated heterocycles. The topological polar surface area (TPSA) is 131 Å². The lowest BCUT2D eigenvalue weighted by Crippen LogP contribution is -2.27. The minimum atomic E-state index is -0.201. The van der Waals surface area contributed by atoms with Gasteiger partial charge in [0.1, 0.15) is 13.2 Å². The molecular formula is C43H47N5O7S2. The molecule has 0 bridgehead atoms. The number of nitrogens with zero attached hydrogens (tertiary/aromatic N) is 4. The maximum atomic E-state index is 13.5. The highest BCUT2D eigenvalue weighted by Crippen LogP contribution is 2.40. The maximum absolute atomic E-state index is 13.5. The third-order valence-electron chi connectivity index (χ3n) is 9.70. The molecule has 3 heterocycles. The van der Waals surface area contributed by atoms with E-state index in [9.17, 15) is 14.4 Å². The average molecular weight is 810 g/mol. The van der Waals surface area contributed by atoms with Crippen LogP contribution in [0.2, 0.25) is 0 Å². The van der Waals surface area contributed by atoms with Crippen molar-refractivity contribution in [1.82, 2.24) is 9.80 Å². The van der Waals surface area contributed by atoms with Crippen LogP contribution in [-0.4, -0.2) is 85.0 Å². The number of likely N-dealkylation sites (tertiary alicyclic amines) is 1.